The molecule has 2 heterocycles. The number of fused-ring (bicyclic) bond motifs is 2. The van der Waals surface area contributed by atoms with Gasteiger partial charge in [0.15, 0.2) is 5.43 Å². The van der Waals surface area contributed by atoms with E-state index in [1.165, 1.54) is 0 Å². The van der Waals surface area contributed by atoms with Crippen molar-refractivity contribution in [2.45, 2.75) is 13.1 Å². The van der Waals surface area contributed by atoms with Crippen LogP contribution in [0.4, 0.5) is 19.0 Å². The molecular formula is C24H21Cl2F3N4O4. The number of carboxylic acid groups (broad SMARTS) is 1. The molecular weight excluding hydrogens is 536 g/mol. The third-order valence-electron chi connectivity index (χ3n) is 5.13. The molecule has 4 aromatic rings. The average Bonchev–Trinajstić information content (AvgIpc) is 3.25. The van der Waals surface area contributed by atoms with Crippen LogP contribution < -0.4 is 16.1 Å². The van der Waals surface area contributed by atoms with Gasteiger partial charge in [-0.3, -0.25) is 9.59 Å². The Kier molecular flexibility index (Phi) is 8.72. The largest absolute Gasteiger partial charge is 0.490 e. The van der Waals surface area contributed by atoms with E-state index in [4.69, 9.17) is 33.1 Å². The number of alkyl halides is 3. The Morgan fingerprint density at radius 1 is 1.00 bits per heavy atom. The van der Waals surface area contributed by atoms with E-state index in [-0.39, 0.29) is 17.3 Å². The maximum absolute atomic E-state index is 12.5. The Morgan fingerprint density at radius 3 is 2.35 bits per heavy atom. The lowest BCUT2D eigenvalue weighted by Crippen LogP contribution is -2.31. The second-order valence-corrected chi connectivity index (χ2v) is 8.97. The number of carboxylic acids is 1. The van der Waals surface area contributed by atoms with Crippen LogP contribution in [-0.2, 0) is 4.79 Å². The van der Waals surface area contributed by atoms with Crippen LogP contribution >= 0.6 is 23.2 Å². The number of para-hydroxylation sites is 1. The first-order valence-corrected chi connectivity index (χ1v) is 11.5. The van der Waals surface area contributed by atoms with Gasteiger partial charge in [0.2, 0.25) is 0 Å². The summed E-state index contributed by atoms with van der Waals surface area (Å²) in [5.41, 5.74) is 1.89. The number of pyridine rings is 1. The van der Waals surface area contributed by atoms with Crippen LogP contribution in [0.15, 0.2) is 53.3 Å². The van der Waals surface area contributed by atoms with Gasteiger partial charge in [-0.2, -0.15) is 13.2 Å². The fourth-order valence-corrected chi connectivity index (χ4v) is 3.84. The maximum atomic E-state index is 12.5. The van der Waals surface area contributed by atoms with Crippen LogP contribution in [0.3, 0.4) is 0 Å². The summed E-state index contributed by atoms with van der Waals surface area (Å²) in [6.45, 7) is 3.06. The molecule has 1 amide bonds. The zero-order valence-corrected chi connectivity index (χ0v) is 20.7. The highest BCUT2D eigenvalue weighted by Gasteiger charge is 2.38. The fourth-order valence-electron chi connectivity index (χ4n) is 3.29. The van der Waals surface area contributed by atoms with Crippen molar-refractivity contribution in [1.29, 1.82) is 0 Å². The van der Waals surface area contributed by atoms with Crippen LogP contribution in [0, 0.1) is 5.92 Å². The molecule has 5 N–H and O–H groups in total. The topological polar surface area (TPSA) is 127 Å². The molecule has 0 saturated carbocycles. The van der Waals surface area contributed by atoms with Crippen LogP contribution in [-0.4, -0.2) is 46.2 Å². The number of aliphatic carboxylic acids is 1. The van der Waals surface area contributed by atoms with Crippen molar-refractivity contribution in [3.05, 3.63) is 74.5 Å². The van der Waals surface area contributed by atoms with E-state index in [0.717, 1.165) is 10.9 Å². The second-order valence-electron chi connectivity index (χ2n) is 8.12. The third-order valence-corrected chi connectivity index (χ3v) is 5.66. The number of aromatic nitrogens is 2. The Labute approximate surface area is 217 Å². The fraction of sp³-hybridized carbons (Fsp3) is 0.208. The molecule has 13 heteroatoms. The van der Waals surface area contributed by atoms with Crippen molar-refractivity contribution < 1.29 is 27.9 Å². The van der Waals surface area contributed by atoms with Crippen LogP contribution in [0.1, 0.15) is 17.4 Å². The summed E-state index contributed by atoms with van der Waals surface area (Å²) < 4.78 is 31.7. The Morgan fingerprint density at radius 2 is 1.68 bits per heavy atom. The Hall–Kier alpha value is -3.70. The smallest absolute Gasteiger partial charge is 0.475 e. The summed E-state index contributed by atoms with van der Waals surface area (Å²) >= 11 is 12.2. The van der Waals surface area contributed by atoms with Crippen molar-refractivity contribution in [2.24, 2.45) is 5.92 Å². The molecule has 0 fully saturated rings. The van der Waals surface area contributed by atoms with Gasteiger partial charge in [-0.1, -0.05) is 42.3 Å². The van der Waals surface area contributed by atoms with Gasteiger partial charge in [0.1, 0.15) is 11.5 Å². The minimum absolute atomic E-state index is 0.0367. The average molecular weight is 557 g/mol. The molecule has 37 heavy (non-hydrogen) atoms. The van der Waals surface area contributed by atoms with Crippen molar-refractivity contribution in [1.82, 2.24) is 15.3 Å². The predicted molar refractivity (Wildman–Crippen MR) is 137 cm³/mol. The first-order valence-electron chi connectivity index (χ1n) is 10.8. The van der Waals surface area contributed by atoms with E-state index in [2.05, 4.69) is 20.6 Å². The summed E-state index contributed by atoms with van der Waals surface area (Å²) in [6.07, 6.45) is -5.08. The molecule has 0 aliphatic carbocycles. The minimum atomic E-state index is -5.08. The van der Waals surface area contributed by atoms with E-state index in [1.807, 2.05) is 25.1 Å². The first kappa shape index (κ1) is 27.9. The van der Waals surface area contributed by atoms with Crippen molar-refractivity contribution >= 4 is 62.7 Å². The number of nitrogens with one attached hydrogen (secondary N) is 4. The van der Waals surface area contributed by atoms with Crippen molar-refractivity contribution in [3.63, 3.8) is 0 Å². The van der Waals surface area contributed by atoms with Gasteiger partial charge >= 0.3 is 12.1 Å². The molecule has 2 aromatic heterocycles. The monoisotopic (exact) mass is 556 g/mol. The van der Waals surface area contributed by atoms with Crippen molar-refractivity contribution in [2.75, 3.05) is 18.4 Å². The van der Waals surface area contributed by atoms with Crippen LogP contribution in [0.2, 0.25) is 10.0 Å². The molecule has 0 saturated heterocycles. The summed E-state index contributed by atoms with van der Waals surface area (Å²) in [7, 11) is 0. The quantitative estimate of drug-likeness (QED) is 0.216. The normalized spacial score (nSPS) is 12.1. The van der Waals surface area contributed by atoms with E-state index < -0.39 is 12.1 Å². The molecule has 0 bridgehead atoms. The SMILES string of the molecule is CC(CNC(=O)c1cc2c(Cl)cc(Cl)cc2[nH]1)CNc1cc(=O)c2ccccc2[nH]1.O=C(O)C(F)(F)F. The molecule has 196 valence electrons. The number of carbonyl (C=O) groups is 2. The lowest BCUT2D eigenvalue weighted by atomic mass is 10.1. The number of aromatic amines is 2. The molecule has 8 nitrogen and oxygen atoms in total. The minimum Gasteiger partial charge on any atom is -0.475 e. The molecule has 0 aliphatic rings. The number of anilines is 1. The van der Waals surface area contributed by atoms with Gasteiger partial charge in [-0.15, -0.1) is 0 Å². The number of halogens is 5. The van der Waals surface area contributed by atoms with Gasteiger partial charge in [0.25, 0.3) is 5.91 Å². The number of rotatable bonds is 6. The molecule has 0 aliphatic heterocycles. The summed E-state index contributed by atoms with van der Waals surface area (Å²) in [4.78, 5) is 39.8. The number of carbonyl (C=O) groups excluding carboxylic acids is 1. The Balaban J connectivity index is 0.000000479. The molecule has 1 unspecified atom stereocenters. The molecule has 2 aromatic carbocycles. The highest BCUT2D eigenvalue weighted by Crippen LogP contribution is 2.28. The summed E-state index contributed by atoms with van der Waals surface area (Å²) in [5.74, 6) is -2.19. The van der Waals surface area contributed by atoms with Crippen LogP contribution in [0.5, 0.6) is 0 Å². The highest BCUT2D eigenvalue weighted by molar-refractivity contribution is 6.38. The maximum Gasteiger partial charge on any atom is 0.490 e. The van der Waals surface area contributed by atoms with Gasteiger partial charge in [0, 0.05) is 40.5 Å². The predicted octanol–water partition coefficient (Wildman–Crippen LogP) is 5.43. The molecule has 0 radical (unpaired) electrons. The van der Waals surface area contributed by atoms with Crippen molar-refractivity contribution in [3.8, 4) is 0 Å². The van der Waals surface area contributed by atoms with E-state index >= 15 is 0 Å². The molecule has 0 spiro atoms. The molecule has 4 rings (SSSR count). The van der Waals surface area contributed by atoms with Gasteiger partial charge in [-0.05, 0) is 36.2 Å². The molecule has 1 atom stereocenters. The van der Waals surface area contributed by atoms with E-state index in [9.17, 15) is 22.8 Å². The third kappa shape index (κ3) is 7.40. The van der Waals surface area contributed by atoms with Gasteiger partial charge in [0.05, 0.1) is 10.5 Å². The standard InChI is InChI=1S/C22H20Cl2N4O2.C2HF3O2/c1-12(10-25-21-9-20(29)14-4-2-3-5-17(14)28-21)11-26-22(30)19-8-15-16(24)6-13(23)7-18(15)27-19;3-2(4,5)1(6)7/h2-9,12,27H,10-11H2,1H3,(H,26,30)(H2,25,28,29);(H,6,7). The lowest BCUT2D eigenvalue weighted by molar-refractivity contribution is -0.192. The van der Waals surface area contributed by atoms with E-state index in [1.54, 1.807) is 30.3 Å². The zero-order chi connectivity index (χ0) is 27.3. The van der Waals surface area contributed by atoms with Gasteiger partial charge < -0.3 is 25.7 Å². The number of H-pyrrole nitrogens is 2. The summed E-state index contributed by atoms with van der Waals surface area (Å²) in [6, 6.07) is 14.0. The second kappa shape index (κ2) is 11.6. The summed E-state index contributed by atoms with van der Waals surface area (Å²) in [5, 5.41) is 15.7. The number of amides is 1. The first-order chi connectivity index (χ1) is 17.3. The lowest BCUT2D eigenvalue weighted by Gasteiger charge is -2.14. The number of benzene rings is 2. The van der Waals surface area contributed by atoms with Crippen LogP contribution in [0.25, 0.3) is 21.8 Å². The Bertz CT molecular complexity index is 1500. The van der Waals surface area contributed by atoms with Gasteiger partial charge in [-0.25, -0.2) is 4.79 Å². The number of hydrogen-bond donors (Lipinski definition) is 5. The van der Waals surface area contributed by atoms with E-state index in [0.29, 0.717) is 45.5 Å². The highest BCUT2D eigenvalue weighted by atomic mass is 35.5. The zero-order valence-electron chi connectivity index (χ0n) is 19.2. The number of hydrogen-bond acceptors (Lipinski definition) is 4.